The van der Waals surface area contributed by atoms with Crippen molar-refractivity contribution in [2.75, 3.05) is 39.6 Å². The molecule has 0 bridgehead atoms. The lowest BCUT2D eigenvalue weighted by molar-refractivity contribution is -0.161. The first kappa shape index (κ1) is 90.1. The Hall–Kier alpha value is -1.94. The Balaban J connectivity index is 5.24. The Labute approximate surface area is 562 Å². The van der Waals surface area contributed by atoms with E-state index < -0.39 is 97.5 Å². The Morgan fingerprint density at radius 2 is 0.522 bits per heavy atom. The molecular weight excluding hydrogens is 1210 g/mol. The van der Waals surface area contributed by atoms with Crippen molar-refractivity contribution in [3.8, 4) is 0 Å². The van der Waals surface area contributed by atoms with E-state index in [1.807, 2.05) is 0 Å². The van der Waals surface area contributed by atoms with Gasteiger partial charge in [0.05, 0.1) is 26.4 Å². The average Bonchev–Trinajstić information content (AvgIpc) is 2.99. The molecule has 0 saturated heterocycles. The maximum Gasteiger partial charge on any atom is 0.472 e. The first-order chi connectivity index (χ1) is 44.2. The molecule has 0 aliphatic carbocycles. The topological polar surface area (TPSA) is 237 Å². The number of unbranched alkanes of at least 4 members (excludes halogenated alkanes) is 34. The van der Waals surface area contributed by atoms with Crippen LogP contribution in [0.25, 0.3) is 0 Å². The van der Waals surface area contributed by atoms with Crippen LogP contribution in [0.1, 0.15) is 364 Å². The number of hydrogen-bond donors (Lipinski definition) is 3. The van der Waals surface area contributed by atoms with E-state index in [0.29, 0.717) is 25.7 Å². The third-order valence-corrected chi connectivity index (χ3v) is 19.4. The maximum atomic E-state index is 13.0. The quantitative estimate of drug-likeness (QED) is 0.0222. The zero-order valence-electron chi connectivity index (χ0n) is 60.2. The minimum atomic E-state index is -4.95. The van der Waals surface area contributed by atoms with Crippen molar-refractivity contribution < 1.29 is 80.2 Å². The number of hydrogen-bond acceptors (Lipinski definition) is 15. The van der Waals surface area contributed by atoms with Crippen LogP contribution in [0.5, 0.6) is 0 Å². The van der Waals surface area contributed by atoms with Gasteiger partial charge in [0.25, 0.3) is 0 Å². The third kappa shape index (κ3) is 64.1. The third-order valence-electron chi connectivity index (χ3n) is 17.5. The van der Waals surface area contributed by atoms with Gasteiger partial charge in [-0.2, -0.15) is 0 Å². The molecule has 19 heteroatoms. The van der Waals surface area contributed by atoms with Crippen LogP contribution in [-0.2, 0) is 65.4 Å². The number of phosphoric acid groups is 2. The molecule has 4 unspecified atom stereocenters. The number of carbonyl (C=O) groups excluding carboxylic acids is 4. The van der Waals surface area contributed by atoms with Crippen LogP contribution in [-0.4, -0.2) is 96.7 Å². The summed E-state index contributed by atoms with van der Waals surface area (Å²) in [5.74, 6) is 0.907. The largest absolute Gasteiger partial charge is 0.472 e. The zero-order chi connectivity index (χ0) is 68.2. The fourth-order valence-corrected chi connectivity index (χ4v) is 12.5. The Morgan fingerprint density at radius 3 is 0.772 bits per heavy atom. The highest BCUT2D eigenvalue weighted by Gasteiger charge is 2.30. The number of esters is 4. The van der Waals surface area contributed by atoms with E-state index in [1.165, 1.54) is 154 Å². The van der Waals surface area contributed by atoms with Crippen molar-refractivity contribution in [1.29, 1.82) is 0 Å². The summed E-state index contributed by atoms with van der Waals surface area (Å²) in [6, 6.07) is 0. The summed E-state index contributed by atoms with van der Waals surface area (Å²) >= 11 is 0. The first-order valence-electron chi connectivity index (χ1n) is 37.8. The van der Waals surface area contributed by atoms with Gasteiger partial charge < -0.3 is 33.8 Å². The SMILES string of the molecule is CCC(C)CCCCCCCCC(=O)OC[C@H](COP(=O)(O)OC[C@H](O)COP(=O)(O)OC[C@@H](COC(=O)CCCCCCCCC(C)CC)OC(=O)CCCCCCCCCCCCCCC(C)C)OC(=O)CCCCCCCCCCCCCCCCC(C)C. The minimum absolute atomic E-state index is 0.105. The predicted octanol–water partition coefficient (Wildman–Crippen LogP) is 20.9. The Morgan fingerprint density at radius 1 is 0.304 bits per heavy atom. The molecule has 0 fully saturated rings. The van der Waals surface area contributed by atoms with E-state index in [2.05, 4.69) is 55.4 Å². The standard InChI is InChI=1S/C73H142O17P2/c1-9-65(7)51-43-35-29-31-37-45-53-70(75)83-59-68(89-72(77)55-47-39-27-23-19-14-12-11-13-17-21-25-33-41-49-63(3)4)61-87-91(79,80)85-57-67(74)58-86-92(81,82)88-62-69(60-84-71(76)54-46-38-32-30-36-44-52-66(8)10-2)90-73(78)56-48-40-28-24-20-16-15-18-22-26-34-42-50-64(5)6/h63-69,74H,9-62H2,1-8H3,(H,79,80)(H,81,82)/t65?,66?,67-,68+,69+/m0/s1. The number of aliphatic hydroxyl groups excluding tert-OH is 1. The van der Waals surface area contributed by atoms with E-state index in [9.17, 15) is 43.2 Å². The van der Waals surface area contributed by atoms with Crippen LogP contribution in [0, 0.1) is 23.7 Å². The number of aliphatic hydroxyl groups is 1. The van der Waals surface area contributed by atoms with Gasteiger partial charge in [-0.05, 0) is 49.4 Å². The molecule has 0 aromatic heterocycles. The van der Waals surface area contributed by atoms with Gasteiger partial charge in [-0.25, -0.2) is 9.13 Å². The van der Waals surface area contributed by atoms with E-state index in [4.69, 9.17) is 37.0 Å². The highest BCUT2D eigenvalue weighted by molar-refractivity contribution is 7.47. The summed E-state index contributed by atoms with van der Waals surface area (Å²) in [5, 5.41) is 10.6. The van der Waals surface area contributed by atoms with Gasteiger partial charge in [-0.1, -0.05) is 312 Å². The second kappa shape index (κ2) is 62.6. The summed E-state index contributed by atoms with van der Waals surface area (Å²) in [6.45, 7) is 14.1. The monoisotopic (exact) mass is 1350 g/mol. The molecule has 0 aromatic carbocycles. The van der Waals surface area contributed by atoms with Crippen LogP contribution in [0.3, 0.4) is 0 Å². The van der Waals surface area contributed by atoms with Crippen molar-refractivity contribution in [1.82, 2.24) is 0 Å². The van der Waals surface area contributed by atoms with Crippen LogP contribution in [0.4, 0.5) is 0 Å². The summed E-state index contributed by atoms with van der Waals surface area (Å²) in [6.07, 6.45) is 45.8. The molecule has 0 amide bonds. The lowest BCUT2D eigenvalue weighted by Crippen LogP contribution is -2.30. The number of carbonyl (C=O) groups is 4. The van der Waals surface area contributed by atoms with E-state index in [1.54, 1.807) is 0 Å². The molecule has 17 nitrogen and oxygen atoms in total. The van der Waals surface area contributed by atoms with Gasteiger partial charge in [-0.3, -0.25) is 37.3 Å². The van der Waals surface area contributed by atoms with Crippen molar-refractivity contribution in [2.45, 2.75) is 382 Å². The Bertz CT molecular complexity index is 1820. The van der Waals surface area contributed by atoms with Gasteiger partial charge in [0.2, 0.25) is 0 Å². The smallest absolute Gasteiger partial charge is 0.462 e. The lowest BCUT2D eigenvalue weighted by Gasteiger charge is -2.21. The molecule has 546 valence electrons. The number of ether oxygens (including phenoxy) is 4. The first-order valence-corrected chi connectivity index (χ1v) is 40.8. The van der Waals surface area contributed by atoms with Crippen LogP contribution in [0.2, 0.25) is 0 Å². The molecule has 0 aliphatic heterocycles. The molecule has 0 radical (unpaired) electrons. The number of phosphoric ester groups is 2. The summed E-state index contributed by atoms with van der Waals surface area (Å²) in [4.78, 5) is 72.7. The molecule has 92 heavy (non-hydrogen) atoms. The van der Waals surface area contributed by atoms with Gasteiger partial charge >= 0.3 is 39.5 Å². The van der Waals surface area contributed by atoms with Gasteiger partial charge in [-0.15, -0.1) is 0 Å². The molecule has 0 aliphatic rings. The average molecular weight is 1350 g/mol. The fraction of sp³-hybridized carbons (Fsp3) is 0.945. The van der Waals surface area contributed by atoms with E-state index in [0.717, 1.165) is 126 Å². The minimum Gasteiger partial charge on any atom is -0.462 e. The summed E-state index contributed by atoms with van der Waals surface area (Å²) in [5.41, 5.74) is 0. The van der Waals surface area contributed by atoms with Crippen molar-refractivity contribution in [3.05, 3.63) is 0 Å². The van der Waals surface area contributed by atoms with Crippen LogP contribution in [0.15, 0.2) is 0 Å². The maximum absolute atomic E-state index is 13.0. The van der Waals surface area contributed by atoms with Crippen LogP contribution >= 0.6 is 15.6 Å². The molecule has 0 heterocycles. The fourth-order valence-electron chi connectivity index (χ4n) is 11.0. The van der Waals surface area contributed by atoms with Crippen molar-refractivity contribution in [2.24, 2.45) is 23.7 Å². The summed E-state index contributed by atoms with van der Waals surface area (Å²) in [7, 11) is -9.91. The lowest BCUT2D eigenvalue weighted by atomic mass is 10.00. The molecular formula is C73H142O17P2. The molecule has 7 atom stereocenters. The summed E-state index contributed by atoms with van der Waals surface area (Å²) < 4.78 is 68.4. The second-order valence-corrected chi connectivity index (χ2v) is 30.7. The van der Waals surface area contributed by atoms with E-state index >= 15 is 0 Å². The Kier molecular flexibility index (Phi) is 61.3. The molecule has 3 N–H and O–H groups in total. The second-order valence-electron chi connectivity index (χ2n) is 27.8. The van der Waals surface area contributed by atoms with Crippen molar-refractivity contribution >= 4 is 39.5 Å². The molecule has 0 rings (SSSR count). The normalized spacial score (nSPS) is 14.8. The molecule has 0 aromatic rings. The molecule has 0 spiro atoms. The van der Waals surface area contributed by atoms with Crippen molar-refractivity contribution in [3.63, 3.8) is 0 Å². The van der Waals surface area contributed by atoms with Crippen LogP contribution < -0.4 is 0 Å². The predicted molar refractivity (Wildman–Crippen MR) is 372 cm³/mol. The number of rotatable bonds is 70. The molecule has 0 saturated carbocycles. The highest BCUT2D eigenvalue weighted by atomic mass is 31.2. The van der Waals surface area contributed by atoms with Gasteiger partial charge in [0, 0.05) is 25.7 Å². The van der Waals surface area contributed by atoms with Gasteiger partial charge in [0.1, 0.15) is 19.3 Å². The van der Waals surface area contributed by atoms with Gasteiger partial charge in [0.15, 0.2) is 12.2 Å². The van der Waals surface area contributed by atoms with E-state index in [-0.39, 0.29) is 25.7 Å². The highest BCUT2D eigenvalue weighted by Crippen LogP contribution is 2.45. The zero-order valence-corrected chi connectivity index (χ0v) is 62.0.